The van der Waals surface area contributed by atoms with Crippen LogP contribution in [0.15, 0.2) is 12.4 Å². The first-order valence-electron chi connectivity index (χ1n) is 3.73. The predicted octanol–water partition coefficient (Wildman–Crippen LogP) is -0.991. The van der Waals surface area contributed by atoms with Crippen LogP contribution in [0.25, 0.3) is 0 Å². The number of carboxylic acids is 1. The van der Waals surface area contributed by atoms with Crippen molar-refractivity contribution < 1.29 is 19.5 Å². The van der Waals surface area contributed by atoms with Gasteiger partial charge in [0.25, 0.3) is 5.95 Å². The predicted molar refractivity (Wildman–Crippen MR) is 45.6 cm³/mol. The molecule has 9 nitrogen and oxygen atoms in total. The first-order chi connectivity index (χ1) is 7.18. The van der Waals surface area contributed by atoms with Gasteiger partial charge < -0.3 is 5.11 Å². The molecule has 0 fully saturated rings. The SMILES string of the molecule is O=C(O)CONC(=O)Nc1nccnn1. The van der Waals surface area contributed by atoms with E-state index in [1.54, 1.807) is 0 Å². The van der Waals surface area contributed by atoms with Gasteiger partial charge in [0.15, 0.2) is 6.61 Å². The minimum atomic E-state index is -1.20. The number of carbonyl (C=O) groups is 2. The molecule has 0 aromatic carbocycles. The number of carbonyl (C=O) groups excluding carboxylic acids is 1. The van der Waals surface area contributed by atoms with E-state index in [-0.39, 0.29) is 5.95 Å². The molecular weight excluding hydrogens is 206 g/mol. The molecule has 1 rings (SSSR count). The number of aliphatic carboxylic acids is 1. The van der Waals surface area contributed by atoms with Crippen molar-refractivity contribution in [3.05, 3.63) is 12.4 Å². The van der Waals surface area contributed by atoms with Crippen molar-refractivity contribution in [3.63, 3.8) is 0 Å². The minimum absolute atomic E-state index is 0.0195. The summed E-state index contributed by atoms with van der Waals surface area (Å²) < 4.78 is 0. The van der Waals surface area contributed by atoms with E-state index >= 15 is 0 Å². The second-order valence-electron chi connectivity index (χ2n) is 2.20. The Bertz CT molecular complexity index is 343. The average molecular weight is 213 g/mol. The Morgan fingerprint density at radius 1 is 1.47 bits per heavy atom. The number of hydrogen-bond acceptors (Lipinski definition) is 6. The summed E-state index contributed by atoms with van der Waals surface area (Å²) in [6.07, 6.45) is 2.67. The fourth-order valence-electron chi connectivity index (χ4n) is 0.595. The van der Waals surface area contributed by atoms with Crippen LogP contribution in [-0.2, 0) is 9.63 Å². The first-order valence-corrected chi connectivity index (χ1v) is 3.73. The lowest BCUT2D eigenvalue weighted by atomic mass is 10.8. The topological polar surface area (TPSA) is 126 Å². The molecule has 0 aliphatic carbocycles. The molecule has 0 radical (unpaired) electrons. The van der Waals surface area contributed by atoms with Gasteiger partial charge in [0, 0.05) is 0 Å². The molecule has 0 aliphatic heterocycles. The highest BCUT2D eigenvalue weighted by molar-refractivity contribution is 5.86. The number of hydroxylamine groups is 1. The molecule has 0 unspecified atom stereocenters. The molecule has 15 heavy (non-hydrogen) atoms. The summed E-state index contributed by atoms with van der Waals surface area (Å²) in [5.41, 5.74) is 1.82. The fraction of sp³-hybridized carbons (Fsp3) is 0.167. The van der Waals surface area contributed by atoms with Crippen LogP contribution in [0.3, 0.4) is 0 Å². The number of carboxylic acid groups (broad SMARTS) is 1. The van der Waals surface area contributed by atoms with Crippen molar-refractivity contribution in [2.45, 2.75) is 0 Å². The Morgan fingerprint density at radius 3 is 2.87 bits per heavy atom. The molecule has 0 spiro atoms. The molecule has 80 valence electrons. The van der Waals surface area contributed by atoms with Crippen LogP contribution >= 0.6 is 0 Å². The summed E-state index contributed by atoms with van der Waals surface area (Å²) >= 11 is 0. The Labute approximate surface area is 83.4 Å². The maximum Gasteiger partial charge on any atom is 0.345 e. The van der Waals surface area contributed by atoms with Crippen LogP contribution in [0.5, 0.6) is 0 Å². The molecular formula is C6H7N5O4. The molecule has 0 atom stereocenters. The number of rotatable bonds is 4. The molecule has 2 amide bonds. The number of nitrogens with zero attached hydrogens (tertiary/aromatic N) is 3. The summed E-state index contributed by atoms with van der Waals surface area (Å²) in [5, 5.41) is 17.3. The summed E-state index contributed by atoms with van der Waals surface area (Å²) in [6.45, 7) is -0.638. The van der Waals surface area contributed by atoms with Crippen molar-refractivity contribution >= 4 is 17.9 Å². The van der Waals surface area contributed by atoms with Gasteiger partial charge in [-0.15, -0.1) is 5.10 Å². The zero-order chi connectivity index (χ0) is 11.1. The summed E-state index contributed by atoms with van der Waals surface area (Å²) in [6, 6.07) is -0.788. The second kappa shape index (κ2) is 5.44. The number of urea groups is 1. The normalized spacial score (nSPS) is 9.33. The van der Waals surface area contributed by atoms with Gasteiger partial charge >= 0.3 is 12.0 Å². The van der Waals surface area contributed by atoms with E-state index in [1.807, 2.05) is 5.48 Å². The van der Waals surface area contributed by atoms with E-state index in [2.05, 4.69) is 25.3 Å². The third kappa shape index (κ3) is 4.47. The van der Waals surface area contributed by atoms with Gasteiger partial charge in [-0.1, -0.05) is 0 Å². The highest BCUT2D eigenvalue weighted by atomic mass is 16.7. The lowest BCUT2D eigenvalue weighted by Crippen LogP contribution is -2.31. The lowest BCUT2D eigenvalue weighted by Gasteiger charge is -2.03. The Morgan fingerprint density at radius 2 is 2.27 bits per heavy atom. The van der Waals surface area contributed by atoms with Crippen molar-refractivity contribution in [1.82, 2.24) is 20.7 Å². The Kier molecular flexibility index (Phi) is 3.91. The number of nitrogens with one attached hydrogen (secondary N) is 2. The zero-order valence-electron chi connectivity index (χ0n) is 7.38. The molecule has 0 saturated carbocycles. The van der Waals surface area contributed by atoms with Crippen LogP contribution < -0.4 is 10.8 Å². The number of anilines is 1. The molecule has 0 bridgehead atoms. The molecule has 9 heteroatoms. The summed E-state index contributed by atoms with van der Waals surface area (Å²) in [7, 11) is 0. The van der Waals surface area contributed by atoms with Gasteiger partial charge in [0.2, 0.25) is 0 Å². The van der Waals surface area contributed by atoms with Crippen molar-refractivity contribution in [1.29, 1.82) is 0 Å². The molecule has 1 aromatic heterocycles. The van der Waals surface area contributed by atoms with Crippen LogP contribution in [0.1, 0.15) is 0 Å². The third-order valence-electron chi connectivity index (χ3n) is 1.07. The van der Waals surface area contributed by atoms with Gasteiger partial charge in [-0.25, -0.2) is 20.1 Å². The van der Waals surface area contributed by atoms with Crippen molar-refractivity contribution in [3.8, 4) is 0 Å². The monoisotopic (exact) mass is 213 g/mol. The standard InChI is InChI=1S/C6H7N5O4/c12-4(13)3-15-11-6(14)9-5-7-1-2-8-10-5/h1-2H,3H2,(H,12,13)(H2,7,9,10,11,14). The van der Waals surface area contributed by atoms with E-state index < -0.39 is 18.6 Å². The maximum absolute atomic E-state index is 10.9. The smallest absolute Gasteiger partial charge is 0.345 e. The van der Waals surface area contributed by atoms with E-state index in [1.165, 1.54) is 12.4 Å². The Hall–Kier alpha value is -2.29. The first kappa shape index (κ1) is 10.8. The van der Waals surface area contributed by atoms with E-state index in [4.69, 9.17) is 5.11 Å². The van der Waals surface area contributed by atoms with Crippen LogP contribution in [0.2, 0.25) is 0 Å². The number of amides is 2. The molecule has 0 aliphatic rings. The number of aromatic nitrogens is 3. The summed E-state index contributed by atoms with van der Waals surface area (Å²) in [4.78, 5) is 28.9. The maximum atomic E-state index is 10.9. The molecule has 1 heterocycles. The van der Waals surface area contributed by atoms with E-state index in [0.29, 0.717) is 0 Å². The van der Waals surface area contributed by atoms with Gasteiger partial charge in [-0.3, -0.25) is 10.2 Å². The van der Waals surface area contributed by atoms with Gasteiger partial charge in [0.05, 0.1) is 12.4 Å². The highest BCUT2D eigenvalue weighted by Gasteiger charge is 2.04. The van der Waals surface area contributed by atoms with Crippen molar-refractivity contribution in [2.24, 2.45) is 0 Å². The van der Waals surface area contributed by atoms with E-state index in [0.717, 1.165) is 0 Å². The number of hydrogen-bond donors (Lipinski definition) is 3. The Balaban J connectivity index is 2.28. The van der Waals surface area contributed by atoms with Crippen LogP contribution in [0.4, 0.5) is 10.7 Å². The molecule has 0 saturated heterocycles. The zero-order valence-corrected chi connectivity index (χ0v) is 7.38. The van der Waals surface area contributed by atoms with Gasteiger partial charge in [0.1, 0.15) is 0 Å². The van der Waals surface area contributed by atoms with Gasteiger partial charge in [-0.2, -0.15) is 5.10 Å². The largest absolute Gasteiger partial charge is 0.479 e. The van der Waals surface area contributed by atoms with Crippen LogP contribution in [0, 0.1) is 0 Å². The lowest BCUT2D eigenvalue weighted by molar-refractivity contribution is -0.143. The van der Waals surface area contributed by atoms with Crippen molar-refractivity contribution in [2.75, 3.05) is 11.9 Å². The van der Waals surface area contributed by atoms with E-state index in [9.17, 15) is 9.59 Å². The van der Waals surface area contributed by atoms with Crippen LogP contribution in [-0.4, -0.2) is 38.9 Å². The fourth-order valence-corrected chi connectivity index (χ4v) is 0.595. The second-order valence-corrected chi connectivity index (χ2v) is 2.20. The third-order valence-corrected chi connectivity index (χ3v) is 1.07. The summed E-state index contributed by atoms with van der Waals surface area (Å²) in [5.74, 6) is -1.22. The highest BCUT2D eigenvalue weighted by Crippen LogP contribution is 1.90. The van der Waals surface area contributed by atoms with Gasteiger partial charge in [-0.05, 0) is 0 Å². The molecule has 3 N–H and O–H groups in total. The quantitative estimate of drug-likeness (QED) is 0.548. The average Bonchev–Trinajstić information content (AvgIpc) is 2.18. The minimum Gasteiger partial charge on any atom is -0.479 e. The molecule has 1 aromatic rings.